The summed E-state index contributed by atoms with van der Waals surface area (Å²) in [5.41, 5.74) is 2.22. The predicted molar refractivity (Wildman–Crippen MR) is 114 cm³/mol. The minimum Gasteiger partial charge on any atom is -0.383 e. The molecule has 0 radical (unpaired) electrons. The van der Waals surface area contributed by atoms with Gasteiger partial charge in [-0.2, -0.15) is 0 Å². The van der Waals surface area contributed by atoms with Gasteiger partial charge in [0.1, 0.15) is 0 Å². The number of benzene rings is 1. The van der Waals surface area contributed by atoms with Crippen molar-refractivity contribution >= 4 is 28.8 Å². The monoisotopic (exact) mass is 387 g/mol. The van der Waals surface area contributed by atoms with E-state index in [4.69, 9.17) is 12.2 Å². The number of rotatable bonds is 5. The number of piperazine rings is 1. The molecular formula is C21H31N4OS+. The summed E-state index contributed by atoms with van der Waals surface area (Å²) in [6.45, 7) is 10.4. The maximum Gasteiger partial charge on any atom is 0.173 e. The number of carbonyl (C=O) groups excluding carboxylic acids is 1. The molecule has 1 aromatic rings. The zero-order chi connectivity index (χ0) is 19.3. The standard InChI is InChI=1S/C21H30N4OS/c1-21(2)15-18(14-19(26)16-21)22-8-9-24-10-12-25(13-11-24)20(27)23-17-6-4-3-5-7-17/h3-7,14,22H,8-13,15-16H2,1-2H3,(H,23,27)/p+1. The minimum atomic E-state index is 0.0775. The Hall–Kier alpha value is -1.92. The van der Waals surface area contributed by atoms with Crippen LogP contribution in [0.4, 0.5) is 5.69 Å². The summed E-state index contributed by atoms with van der Waals surface area (Å²) >= 11 is 5.55. The van der Waals surface area contributed by atoms with Crippen LogP contribution in [-0.2, 0) is 4.79 Å². The lowest BCUT2D eigenvalue weighted by Crippen LogP contribution is -3.15. The molecule has 1 aromatic carbocycles. The number of carbonyl (C=O) groups is 1. The first-order valence-corrected chi connectivity index (χ1v) is 10.2. The topological polar surface area (TPSA) is 48.8 Å². The van der Waals surface area contributed by atoms with E-state index in [0.29, 0.717) is 6.42 Å². The smallest absolute Gasteiger partial charge is 0.173 e. The summed E-state index contributed by atoms with van der Waals surface area (Å²) in [6.07, 6.45) is 3.41. The van der Waals surface area contributed by atoms with Crippen molar-refractivity contribution in [3.8, 4) is 0 Å². The SMILES string of the molecule is CC1(C)CC(=O)C=C(NCC[NH+]2CCN(C(=S)Nc3ccccc3)CC2)C1. The van der Waals surface area contributed by atoms with Gasteiger partial charge < -0.3 is 20.4 Å². The Bertz CT molecular complexity index is 693. The first-order chi connectivity index (χ1) is 12.9. The zero-order valence-corrected chi connectivity index (χ0v) is 17.2. The molecule has 0 bridgehead atoms. The van der Waals surface area contributed by atoms with Crippen LogP contribution < -0.4 is 15.5 Å². The molecule has 3 N–H and O–H groups in total. The number of para-hydroxylation sites is 1. The predicted octanol–water partition coefficient (Wildman–Crippen LogP) is 1.45. The van der Waals surface area contributed by atoms with Crippen molar-refractivity contribution in [1.29, 1.82) is 0 Å². The van der Waals surface area contributed by atoms with Gasteiger partial charge in [-0.15, -0.1) is 0 Å². The van der Waals surface area contributed by atoms with E-state index in [1.807, 2.05) is 30.3 Å². The van der Waals surface area contributed by atoms with Crippen molar-refractivity contribution in [2.45, 2.75) is 26.7 Å². The molecule has 5 nitrogen and oxygen atoms in total. The molecule has 27 heavy (non-hydrogen) atoms. The number of hydrogen-bond donors (Lipinski definition) is 3. The fourth-order valence-corrected chi connectivity index (χ4v) is 4.16. The number of quaternary nitrogens is 1. The third-order valence-electron chi connectivity index (χ3n) is 5.27. The van der Waals surface area contributed by atoms with Crippen LogP contribution in [0.15, 0.2) is 42.1 Å². The molecule has 0 atom stereocenters. The number of nitrogens with one attached hydrogen (secondary N) is 3. The highest BCUT2D eigenvalue weighted by Crippen LogP contribution is 2.32. The second-order valence-electron chi connectivity index (χ2n) is 8.36. The van der Waals surface area contributed by atoms with E-state index < -0.39 is 0 Å². The fraction of sp³-hybridized carbons (Fsp3) is 0.524. The average molecular weight is 388 g/mol. The normalized spacial score (nSPS) is 20.1. The second kappa shape index (κ2) is 8.85. The Kier molecular flexibility index (Phi) is 6.50. The van der Waals surface area contributed by atoms with E-state index in [2.05, 4.69) is 29.4 Å². The Morgan fingerprint density at radius 1 is 1.19 bits per heavy atom. The molecule has 0 saturated carbocycles. The van der Waals surface area contributed by atoms with Gasteiger partial charge in [-0.1, -0.05) is 32.0 Å². The van der Waals surface area contributed by atoms with Crippen molar-refractivity contribution < 1.29 is 9.69 Å². The molecule has 6 heteroatoms. The van der Waals surface area contributed by atoms with Gasteiger partial charge in [-0.05, 0) is 36.2 Å². The van der Waals surface area contributed by atoms with E-state index in [1.165, 1.54) is 0 Å². The Balaban J connectivity index is 1.37. The third kappa shape index (κ3) is 6.04. The lowest BCUT2D eigenvalue weighted by molar-refractivity contribution is -0.902. The van der Waals surface area contributed by atoms with E-state index in [-0.39, 0.29) is 11.2 Å². The highest BCUT2D eigenvalue weighted by Gasteiger charge is 2.27. The number of allylic oxidation sites excluding steroid dienone is 2. The Morgan fingerprint density at radius 3 is 2.56 bits per heavy atom. The van der Waals surface area contributed by atoms with Crippen LogP contribution in [0.1, 0.15) is 26.7 Å². The Morgan fingerprint density at radius 2 is 1.89 bits per heavy atom. The van der Waals surface area contributed by atoms with Crippen molar-refractivity contribution in [1.82, 2.24) is 10.2 Å². The van der Waals surface area contributed by atoms with Crippen LogP contribution in [0.2, 0.25) is 0 Å². The van der Waals surface area contributed by atoms with Gasteiger partial charge in [0, 0.05) is 23.9 Å². The maximum atomic E-state index is 11.8. The third-order valence-corrected chi connectivity index (χ3v) is 5.63. The molecule has 0 amide bonds. The molecule has 1 aliphatic heterocycles. The van der Waals surface area contributed by atoms with E-state index in [0.717, 1.165) is 62.2 Å². The van der Waals surface area contributed by atoms with Crippen LogP contribution in [0.3, 0.4) is 0 Å². The number of ketones is 1. The van der Waals surface area contributed by atoms with Crippen molar-refractivity contribution in [2.75, 3.05) is 44.6 Å². The van der Waals surface area contributed by atoms with Gasteiger partial charge in [-0.25, -0.2) is 0 Å². The van der Waals surface area contributed by atoms with Gasteiger partial charge in [0.2, 0.25) is 0 Å². The van der Waals surface area contributed by atoms with Crippen molar-refractivity contribution in [3.63, 3.8) is 0 Å². The average Bonchev–Trinajstić information content (AvgIpc) is 2.61. The molecular weight excluding hydrogens is 356 g/mol. The van der Waals surface area contributed by atoms with Crippen LogP contribution in [0.5, 0.6) is 0 Å². The van der Waals surface area contributed by atoms with Crippen LogP contribution in [0.25, 0.3) is 0 Å². The molecule has 3 rings (SSSR count). The van der Waals surface area contributed by atoms with Crippen LogP contribution in [0, 0.1) is 5.41 Å². The van der Waals surface area contributed by atoms with Gasteiger partial charge in [0.25, 0.3) is 0 Å². The van der Waals surface area contributed by atoms with Gasteiger partial charge in [0.05, 0.1) is 39.3 Å². The molecule has 0 spiro atoms. The fourth-order valence-electron chi connectivity index (χ4n) is 3.86. The maximum absolute atomic E-state index is 11.8. The van der Waals surface area contributed by atoms with E-state index >= 15 is 0 Å². The molecule has 1 fully saturated rings. The highest BCUT2D eigenvalue weighted by molar-refractivity contribution is 7.80. The van der Waals surface area contributed by atoms with Crippen LogP contribution >= 0.6 is 12.2 Å². The number of nitrogens with zero attached hydrogens (tertiary/aromatic N) is 1. The summed E-state index contributed by atoms with van der Waals surface area (Å²) in [7, 11) is 0. The molecule has 0 aromatic heterocycles. The molecule has 1 saturated heterocycles. The number of hydrogen-bond acceptors (Lipinski definition) is 3. The molecule has 1 aliphatic carbocycles. The van der Waals surface area contributed by atoms with Crippen molar-refractivity contribution in [2.24, 2.45) is 5.41 Å². The lowest BCUT2D eigenvalue weighted by atomic mass is 9.79. The quantitative estimate of drug-likeness (QED) is 0.668. The van der Waals surface area contributed by atoms with E-state index in [9.17, 15) is 4.79 Å². The molecule has 1 heterocycles. The van der Waals surface area contributed by atoms with Gasteiger partial charge in [-0.3, -0.25) is 4.79 Å². The number of thiocarbonyl (C=S) groups is 1. The minimum absolute atomic E-state index is 0.0775. The first kappa shape index (κ1) is 19.8. The van der Waals surface area contributed by atoms with Gasteiger partial charge >= 0.3 is 0 Å². The lowest BCUT2D eigenvalue weighted by Gasteiger charge is -2.34. The summed E-state index contributed by atoms with van der Waals surface area (Å²) in [5.74, 6) is 0.245. The van der Waals surface area contributed by atoms with Crippen molar-refractivity contribution in [3.05, 3.63) is 42.1 Å². The Labute approximate surface area is 167 Å². The summed E-state index contributed by atoms with van der Waals surface area (Å²) in [4.78, 5) is 15.7. The first-order valence-electron chi connectivity index (χ1n) is 9.83. The highest BCUT2D eigenvalue weighted by atomic mass is 32.1. The largest absolute Gasteiger partial charge is 0.383 e. The molecule has 2 aliphatic rings. The van der Waals surface area contributed by atoms with Gasteiger partial charge in [0.15, 0.2) is 10.9 Å². The zero-order valence-electron chi connectivity index (χ0n) is 16.4. The van der Waals surface area contributed by atoms with Crippen LogP contribution in [-0.4, -0.2) is 55.1 Å². The summed E-state index contributed by atoms with van der Waals surface area (Å²) < 4.78 is 0. The number of anilines is 1. The second-order valence-corrected chi connectivity index (χ2v) is 8.75. The summed E-state index contributed by atoms with van der Waals surface area (Å²) in [6, 6.07) is 10.1. The molecule has 146 valence electrons. The van der Waals surface area contributed by atoms with E-state index in [1.54, 1.807) is 11.0 Å². The molecule has 0 unspecified atom stereocenters. The summed E-state index contributed by atoms with van der Waals surface area (Å²) in [5, 5.41) is 7.62.